The lowest BCUT2D eigenvalue weighted by Crippen LogP contribution is -2.21. The van der Waals surface area contributed by atoms with E-state index >= 15 is 0 Å². The highest BCUT2D eigenvalue weighted by Crippen LogP contribution is 2.35. The molecule has 1 aromatic carbocycles. The van der Waals surface area contributed by atoms with E-state index < -0.39 is 24.0 Å². The molecule has 10 nitrogen and oxygen atoms in total. The normalized spacial score (nSPS) is 11.0. The summed E-state index contributed by atoms with van der Waals surface area (Å²) in [6.45, 7) is 1.31. The number of nitrogens with zero attached hydrogens (tertiary/aromatic N) is 2. The molecule has 0 unspecified atom stereocenters. The third kappa shape index (κ3) is 10.3. The minimum absolute atomic E-state index is 0.0797. The van der Waals surface area contributed by atoms with Crippen molar-refractivity contribution in [3.8, 4) is 5.75 Å². The molecule has 17 heteroatoms. The molecule has 42 heavy (non-hydrogen) atoms. The number of nitrogens with one attached hydrogen (secondary N) is 2. The number of thiophene rings is 1. The second-order valence-corrected chi connectivity index (χ2v) is 10.5. The van der Waals surface area contributed by atoms with Crippen molar-refractivity contribution < 1.29 is 42.5 Å². The quantitative estimate of drug-likeness (QED) is 0.204. The number of methoxy groups -OCH3 is 1. The lowest BCUT2D eigenvalue weighted by molar-refractivity contribution is -0.192. The van der Waals surface area contributed by atoms with Gasteiger partial charge < -0.3 is 30.5 Å². The fourth-order valence-corrected chi connectivity index (χ4v) is 4.77. The van der Waals surface area contributed by atoms with E-state index in [0.717, 1.165) is 5.56 Å². The number of alkyl halides is 3. The summed E-state index contributed by atoms with van der Waals surface area (Å²) in [5, 5.41) is 24.3. The minimum atomic E-state index is -5.08. The van der Waals surface area contributed by atoms with Gasteiger partial charge in [-0.1, -0.05) is 34.8 Å². The Morgan fingerprint density at radius 3 is 2.31 bits per heavy atom. The van der Waals surface area contributed by atoms with Crippen LogP contribution in [0.5, 0.6) is 5.75 Å². The first kappa shape index (κ1) is 35.1. The van der Waals surface area contributed by atoms with E-state index in [0.29, 0.717) is 34.4 Å². The topological polar surface area (TPSA) is 141 Å². The van der Waals surface area contributed by atoms with Gasteiger partial charge in [-0.05, 0) is 42.6 Å². The number of rotatable bonds is 10. The summed E-state index contributed by atoms with van der Waals surface area (Å²) in [6.07, 6.45) is -3.05. The summed E-state index contributed by atoms with van der Waals surface area (Å²) in [7, 11) is 3.31. The molecule has 0 aliphatic carbocycles. The summed E-state index contributed by atoms with van der Waals surface area (Å²) < 4.78 is 37.1. The third-order valence-electron chi connectivity index (χ3n) is 5.13. The molecule has 3 rings (SSSR count). The molecular weight excluding hydrogens is 648 g/mol. The zero-order chi connectivity index (χ0) is 31.6. The predicted molar refractivity (Wildman–Crippen MR) is 154 cm³/mol. The maximum Gasteiger partial charge on any atom is 0.490 e. The van der Waals surface area contributed by atoms with E-state index in [1.54, 1.807) is 12.1 Å². The number of aliphatic carboxylic acids is 1. The van der Waals surface area contributed by atoms with Crippen molar-refractivity contribution in [1.82, 2.24) is 9.88 Å². The van der Waals surface area contributed by atoms with Gasteiger partial charge in [-0.3, -0.25) is 9.59 Å². The van der Waals surface area contributed by atoms with Gasteiger partial charge in [0.15, 0.2) is 0 Å². The number of hydrogen-bond donors (Lipinski definition) is 4. The molecule has 0 atom stereocenters. The number of carbonyl (C=O) groups excluding carboxylic acids is 2. The Morgan fingerprint density at radius 1 is 1.10 bits per heavy atom. The first-order valence-corrected chi connectivity index (χ1v) is 13.7. The first-order chi connectivity index (χ1) is 19.7. The molecule has 2 amide bonds. The Hall–Kier alpha value is -3.14. The number of aromatic nitrogens is 1. The molecule has 0 aliphatic heterocycles. The van der Waals surface area contributed by atoms with E-state index in [9.17, 15) is 22.8 Å². The zero-order valence-electron chi connectivity index (χ0n) is 21.9. The van der Waals surface area contributed by atoms with E-state index in [2.05, 4.69) is 15.6 Å². The van der Waals surface area contributed by atoms with Crippen molar-refractivity contribution in [3.63, 3.8) is 0 Å². The van der Waals surface area contributed by atoms with Gasteiger partial charge in [0.1, 0.15) is 16.4 Å². The van der Waals surface area contributed by atoms with Gasteiger partial charge in [0.05, 0.1) is 28.4 Å². The van der Waals surface area contributed by atoms with Crippen molar-refractivity contribution in [2.24, 2.45) is 0 Å². The van der Waals surface area contributed by atoms with Gasteiger partial charge in [0, 0.05) is 37.0 Å². The molecule has 2 heterocycles. The van der Waals surface area contributed by atoms with Gasteiger partial charge in [-0.15, -0.1) is 11.3 Å². The summed E-state index contributed by atoms with van der Waals surface area (Å²) in [5.74, 6) is -3.33. The van der Waals surface area contributed by atoms with Gasteiger partial charge in [0.25, 0.3) is 11.8 Å². The van der Waals surface area contributed by atoms with Crippen LogP contribution in [0.4, 0.5) is 24.7 Å². The molecule has 228 valence electrons. The Morgan fingerprint density at radius 2 is 1.76 bits per heavy atom. The van der Waals surface area contributed by atoms with Gasteiger partial charge in [-0.2, -0.15) is 13.2 Å². The zero-order valence-corrected chi connectivity index (χ0v) is 25.0. The molecular formula is C25H24Cl3F3N4O6S. The first-order valence-electron chi connectivity index (χ1n) is 11.6. The fourth-order valence-electron chi connectivity index (χ4n) is 3.20. The van der Waals surface area contributed by atoms with Gasteiger partial charge >= 0.3 is 12.1 Å². The van der Waals surface area contributed by atoms with Crippen molar-refractivity contribution in [1.29, 1.82) is 0 Å². The van der Waals surface area contributed by atoms with Gasteiger partial charge in [-0.25, -0.2) is 9.78 Å². The molecule has 0 bridgehead atoms. The molecule has 0 radical (unpaired) electrons. The number of amides is 2. The molecule has 4 N–H and O–H groups in total. The van der Waals surface area contributed by atoms with Crippen LogP contribution in [0.3, 0.4) is 0 Å². The van der Waals surface area contributed by atoms with Gasteiger partial charge in [0.2, 0.25) is 0 Å². The summed E-state index contributed by atoms with van der Waals surface area (Å²) in [4.78, 5) is 41.4. The molecule has 3 aromatic rings. The Kier molecular flexibility index (Phi) is 13.3. The Balaban J connectivity index is 0.000000782. The van der Waals surface area contributed by atoms with Crippen LogP contribution in [0.25, 0.3) is 0 Å². The number of anilines is 2. The number of benzene rings is 1. The predicted octanol–water partition coefficient (Wildman–Crippen LogP) is 6.06. The smallest absolute Gasteiger partial charge is 0.490 e. The number of pyridine rings is 1. The minimum Gasteiger partial charge on any atom is -0.494 e. The van der Waals surface area contributed by atoms with Crippen LogP contribution in [0.2, 0.25) is 15.1 Å². The number of carboxylic acid groups (broad SMARTS) is 1. The van der Waals surface area contributed by atoms with E-state index in [-0.39, 0.29) is 34.4 Å². The van der Waals surface area contributed by atoms with Crippen LogP contribution in [0.1, 0.15) is 32.0 Å². The summed E-state index contributed by atoms with van der Waals surface area (Å²) in [5.41, 5.74) is 1.01. The Bertz CT molecular complexity index is 1410. The van der Waals surface area contributed by atoms with Crippen LogP contribution in [0, 0.1) is 0 Å². The molecule has 0 spiro atoms. The highest BCUT2D eigenvalue weighted by Gasteiger charge is 2.38. The molecule has 0 saturated heterocycles. The number of aliphatic hydroxyl groups is 1. The average molecular weight is 672 g/mol. The van der Waals surface area contributed by atoms with E-state index in [1.165, 1.54) is 36.8 Å². The van der Waals surface area contributed by atoms with Crippen molar-refractivity contribution in [2.45, 2.75) is 19.1 Å². The van der Waals surface area contributed by atoms with Crippen molar-refractivity contribution >= 4 is 75.4 Å². The van der Waals surface area contributed by atoms with Crippen molar-refractivity contribution in [2.75, 3.05) is 37.9 Å². The maximum absolute atomic E-state index is 13.2. The fraction of sp³-hybridized carbons (Fsp3) is 0.280. The average Bonchev–Trinajstić information content (AvgIpc) is 3.28. The highest BCUT2D eigenvalue weighted by molar-refractivity contribution is 7.13. The molecule has 0 fully saturated rings. The third-order valence-corrected chi connectivity index (χ3v) is 7.14. The standard InChI is InChI=1S/C23H23Cl3N4O4S.C2HF3O2/c1-30(6-3-7-31)11-13-12-35-21(19(13)26)23(33)29-20-16(8-15(25)9-17(20)34-2)22(32)28-18-5-4-14(24)10-27-18;3-2(4,5)1(6)7/h4-5,8-10,12,31H,3,6-7,11H2,1-2H3,(H,29,33)(H,27,28,32);(H,6,7). The second-order valence-electron chi connectivity index (χ2n) is 8.32. The highest BCUT2D eigenvalue weighted by atomic mass is 35.5. The molecule has 0 saturated carbocycles. The number of hydrogen-bond acceptors (Lipinski definition) is 8. The largest absolute Gasteiger partial charge is 0.494 e. The maximum atomic E-state index is 13.2. The lowest BCUT2D eigenvalue weighted by atomic mass is 10.1. The Labute approximate surface area is 257 Å². The molecule has 0 aliphatic rings. The number of halogens is 6. The number of carboxylic acids is 1. The molecule has 2 aromatic heterocycles. The number of carbonyl (C=O) groups is 3. The summed E-state index contributed by atoms with van der Waals surface area (Å²) in [6, 6.07) is 6.04. The van der Waals surface area contributed by atoms with E-state index in [1.807, 2.05) is 17.3 Å². The van der Waals surface area contributed by atoms with Crippen LogP contribution >= 0.6 is 46.1 Å². The van der Waals surface area contributed by atoms with E-state index in [4.69, 9.17) is 54.5 Å². The van der Waals surface area contributed by atoms with Crippen molar-refractivity contribution in [3.05, 3.63) is 66.9 Å². The van der Waals surface area contributed by atoms with Crippen LogP contribution in [0.15, 0.2) is 35.8 Å². The monoisotopic (exact) mass is 670 g/mol. The SMILES string of the molecule is COc1cc(Cl)cc(C(=O)Nc2ccc(Cl)cn2)c1NC(=O)c1scc(CN(C)CCCO)c1Cl.O=C(O)C(F)(F)F. The summed E-state index contributed by atoms with van der Waals surface area (Å²) >= 11 is 19.7. The van der Waals surface area contributed by atoms with Crippen LogP contribution in [-0.2, 0) is 11.3 Å². The lowest BCUT2D eigenvalue weighted by Gasteiger charge is -2.16. The van der Waals surface area contributed by atoms with Crippen LogP contribution in [-0.4, -0.2) is 71.4 Å². The second kappa shape index (κ2) is 15.9. The number of aliphatic hydroxyl groups excluding tert-OH is 1. The number of ether oxygens (including phenoxy) is 1. The van der Waals surface area contributed by atoms with Crippen LogP contribution < -0.4 is 15.4 Å².